The fourth-order valence-electron chi connectivity index (χ4n) is 1.44. The number of hydrogen-bond donors (Lipinski definition) is 2. The Morgan fingerprint density at radius 2 is 1.75 bits per heavy atom. The number of nitrogens with two attached hydrogens (primary N) is 1. The van der Waals surface area contributed by atoms with Crippen molar-refractivity contribution in [2.75, 3.05) is 0 Å². The molecule has 0 aliphatic rings. The minimum Gasteiger partial charge on any atom is -0.391 e. The summed E-state index contributed by atoms with van der Waals surface area (Å²) in [5, 5.41) is 10.1. The van der Waals surface area contributed by atoms with Crippen molar-refractivity contribution in [1.29, 1.82) is 0 Å². The molecule has 16 heavy (non-hydrogen) atoms. The van der Waals surface area contributed by atoms with E-state index in [1.165, 1.54) is 0 Å². The molecule has 0 fully saturated rings. The first-order chi connectivity index (χ1) is 7.23. The molecule has 0 aliphatic heterocycles. The number of halogens is 2. The predicted octanol–water partition coefficient (Wildman–Crippen LogP) is 3.62. The third kappa shape index (κ3) is 3.29. The van der Waals surface area contributed by atoms with E-state index in [0.717, 1.165) is 14.5 Å². The van der Waals surface area contributed by atoms with Crippen LogP contribution in [0.3, 0.4) is 0 Å². The fourth-order valence-corrected chi connectivity index (χ4v) is 2.08. The Hall–Kier alpha value is 0.1000. The number of benzene rings is 1. The minimum absolute atomic E-state index is 0.223. The Labute approximate surface area is 113 Å². The molecular weight excluding hydrogens is 334 g/mol. The summed E-state index contributed by atoms with van der Waals surface area (Å²) in [6, 6.07) is 5.41. The van der Waals surface area contributed by atoms with Gasteiger partial charge in [0.05, 0.1) is 12.1 Å². The molecule has 0 amide bonds. The molecule has 0 aliphatic carbocycles. The summed E-state index contributed by atoms with van der Waals surface area (Å²) in [4.78, 5) is 0. The molecule has 2 nitrogen and oxygen atoms in total. The van der Waals surface area contributed by atoms with Gasteiger partial charge in [0.25, 0.3) is 0 Å². The summed E-state index contributed by atoms with van der Waals surface area (Å²) in [5.41, 5.74) is 6.76. The van der Waals surface area contributed by atoms with Crippen LogP contribution in [0, 0.1) is 5.41 Å². The molecule has 90 valence electrons. The number of hydrogen-bond acceptors (Lipinski definition) is 2. The van der Waals surface area contributed by atoms with Crippen LogP contribution < -0.4 is 5.73 Å². The van der Waals surface area contributed by atoms with E-state index in [9.17, 15) is 5.11 Å². The average Bonchev–Trinajstić information content (AvgIpc) is 2.18. The van der Waals surface area contributed by atoms with Crippen LogP contribution >= 0.6 is 31.9 Å². The van der Waals surface area contributed by atoms with Gasteiger partial charge in [0, 0.05) is 8.95 Å². The largest absolute Gasteiger partial charge is 0.391 e. The molecule has 0 spiro atoms. The molecule has 0 aromatic heterocycles. The normalized spacial score (nSPS) is 15.9. The van der Waals surface area contributed by atoms with Crippen molar-refractivity contribution in [3.63, 3.8) is 0 Å². The standard InChI is InChI=1S/C12H17Br2NO/c1-12(2,3)11(16)10(15)7-4-5-8(13)9(14)6-7/h4-6,10-11,16H,15H2,1-3H3/t10-,11-/m0/s1. The lowest BCUT2D eigenvalue weighted by Crippen LogP contribution is -2.36. The second kappa shape index (κ2) is 5.17. The molecule has 1 rings (SSSR count). The van der Waals surface area contributed by atoms with Crippen LogP contribution in [0.1, 0.15) is 32.4 Å². The number of aliphatic hydroxyl groups is 1. The first-order valence-corrected chi connectivity index (χ1v) is 6.70. The molecule has 0 radical (unpaired) electrons. The van der Waals surface area contributed by atoms with Gasteiger partial charge in [0.1, 0.15) is 0 Å². The van der Waals surface area contributed by atoms with E-state index in [1.807, 2.05) is 39.0 Å². The molecule has 0 bridgehead atoms. The van der Waals surface area contributed by atoms with Crippen LogP contribution in [0.25, 0.3) is 0 Å². The molecular formula is C12H17Br2NO. The quantitative estimate of drug-likeness (QED) is 0.855. The van der Waals surface area contributed by atoms with E-state index in [1.54, 1.807) is 0 Å². The van der Waals surface area contributed by atoms with Gasteiger partial charge in [-0.25, -0.2) is 0 Å². The van der Waals surface area contributed by atoms with E-state index in [2.05, 4.69) is 31.9 Å². The Morgan fingerprint density at radius 3 is 2.19 bits per heavy atom. The van der Waals surface area contributed by atoms with Gasteiger partial charge in [0.2, 0.25) is 0 Å². The highest BCUT2D eigenvalue weighted by molar-refractivity contribution is 9.13. The van der Waals surface area contributed by atoms with Gasteiger partial charge in [-0.3, -0.25) is 0 Å². The van der Waals surface area contributed by atoms with E-state index in [-0.39, 0.29) is 11.5 Å². The molecule has 4 heteroatoms. The highest BCUT2D eigenvalue weighted by Gasteiger charge is 2.29. The minimum atomic E-state index is -0.569. The van der Waals surface area contributed by atoms with Gasteiger partial charge >= 0.3 is 0 Å². The van der Waals surface area contributed by atoms with Crippen molar-refractivity contribution in [2.45, 2.75) is 32.9 Å². The van der Waals surface area contributed by atoms with Gasteiger partial charge < -0.3 is 10.8 Å². The van der Waals surface area contributed by atoms with Crippen molar-refractivity contribution in [3.05, 3.63) is 32.7 Å². The highest BCUT2D eigenvalue weighted by Crippen LogP contribution is 2.31. The zero-order chi connectivity index (χ0) is 12.5. The zero-order valence-corrected chi connectivity index (χ0v) is 12.8. The molecule has 0 heterocycles. The smallest absolute Gasteiger partial charge is 0.0780 e. The summed E-state index contributed by atoms with van der Waals surface area (Å²) >= 11 is 6.83. The van der Waals surface area contributed by atoms with Crippen LogP contribution in [0.15, 0.2) is 27.1 Å². The van der Waals surface area contributed by atoms with Crippen LogP contribution in [0.4, 0.5) is 0 Å². The zero-order valence-electron chi connectivity index (χ0n) is 9.67. The van der Waals surface area contributed by atoms with Crippen molar-refractivity contribution < 1.29 is 5.11 Å². The van der Waals surface area contributed by atoms with Gasteiger partial charge in [-0.15, -0.1) is 0 Å². The second-order valence-electron chi connectivity index (χ2n) is 5.01. The first kappa shape index (κ1) is 14.2. The Morgan fingerprint density at radius 1 is 1.19 bits per heavy atom. The number of aliphatic hydroxyl groups excluding tert-OH is 1. The summed E-state index contributed by atoms with van der Waals surface area (Å²) in [5.74, 6) is 0. The second-order valence-corrected chi connectivity index (χ2v) is 6.72. The van der Waals surface area contributed by atoms with Crippen molar-refractivity contribution in [3.8, 4) is 0 Å². The van der Waals surface area contributed by atoms with Crippen LogP contribution in [0.5, 0.6) is 0 Å². The molecule has 0 unspecified atom stereocenters. The summed E-state index contributed by atoms with van der Waals surface area (Å²) in [7, 11) is 0. The lowest BCUT2D eigenvalue weighted by molar-refractivity contribution is 0.0401. The van der Waals surface area contributed by atoms with Crippen molar-refractivity contribution in [1.82, 2.24) is 0 Å². The summed E-state index contributed by atoms with van der Waals surface area (Å²) < 4.78 is 1.93. The average molecular weight is 351 g/mol. The van der Waals surface area contributed by atoms with Gasteiger partial charge in [-0.2, -0.15) is 0 Å². The maximum atomic E-state index is 10.1. The third-order valence-corrected chi connectivity index (χ3v) is 4.44. The molecule has 1 aromatic rings. The van der Waals surface area contributed by atoms with Crippen LogP contribution in [-0.2, 0) is 0 Å². The lowest BCUT2D eigenvalue weighted by Gasteiger charge is -2.31. The summed E-state index contributed by atoms with van der Waals surface area (Å²) in [6.45, 7) is 5.93. The Kier molecular flexibility index (Phi) is 4.57. The maximum Gasteiger partial charge on any atom is 0.0780 e. The lowest BCUT2D eigenvalue weighted by atomic mass is 9.82. The molecule has 2 atom stereocenters. The maximum absolute atomic E-state index is 10.1. The fraction of sp³-hybridized carbons (Fsp3) is 0.500. The van der Waals surface area contributed by atoms with Crippen LogP contribution in [0.2, 0.25) is 0 Å². The van der Waals surface area contributed by atoms with Crippen molar-refractivity contribution in [2.24, 2.45) is 11.1 Å². The Bertz CT molecular complexity index is 374. The van der Waals surface area contributed by atoms with E-state index < -0.39 is 6.10 Å². The molecule has 0 saturated heterocycles. The predicted molar refractivity (Wildman–Crippen MR) is 74.2 cm³/mol. The number of rotatable bonds is 2. The topological polar surface area (TPSA) is 46.2 Å². The monoisotopic (exact) mass is 349 g/mol. The first-order valence-electron chi connectivity index (χ1n) is 5.12. The SMILES string of the molecule is CC(C)(C)[C@@H](O)[C@@H](N)c1ccc(Br)c(Br)c1. The van der Waals surface area contributed by atoms with Gasteiger partial charge in [0.15, 0.2) is 0 Å². The van der Waals surface area contributed by atoms with E-state index in [0.29, 0.717) is 0 Å². The van der Waals surface area contributed by atoms with Crippen molar-refractivity contribution >= 4 is 31.9 Å². The van der Waals surface area contributed by atoms with Crippen LogP contribution in [-0.4, -0.2) is 11.2 Å². The molecule has 3 N–H and O–H groups in total. The van der Waals surface area contributed by atoms with E-state index >= 15 is 0 Å². The highest BCUT2D eigenvalue weighted by atomic mass is 79.9. The Balaban J connectivity index is 2.97. The molecule has 0 saturated carbocycles. The van der Waals surface area contributed by atoms with Gasteiger partial charge in [-0.1, -0.05) is 26.8 Å². The van der Waals surface area contributed by atoms with Gasteiger partial charge in [-0.05, 0) is 55.0 Å². The molecule has 1 aromatic carbocycles. The summed E-state index contributed by atoms with van der Waals surface area (Å²) in [6.07, 6.45) is -0.569. The third-order valence-electron chi connectivity index (χ3n) is 2.56. The van der Waals surface area contributed by atoms with E-state index in [4.69, 9.17) is 5.73 Å².